The van der Waals surface area contributed by atoms with Gasteiger partial charge in [-0.25, -0.2) is 9.18 Å². The molecule has 1 amide bonds. The molecule has 130 valence electrons. The van der Waals surface area contributed by atoms with Gasteiger partial charge in [0.1, 0.15) is 5.82 Å². The van der Waals surface area contributed by atoms with E-state index in [4.69, 9.17) is 12.2 Å². The molecule has 0 heterocycles. The van der Waals surface area contributed by atoms with Crippen molar-refractivity contribution in [2.24, 2.45) is 0 Å². The van der Waals surface area contributed by atoms with Gasteiger partial charge in [-0.1, -0.05) is 18.2 Å². The van der Waals surface area contributed by atoms with Gasteiger partial charge in [0.15, 0.2) is 5.11 Å². The molecule has 2 aromatic rings. The zero-order valence-electron chi connectivity index (χ0n) is 13.6. The fourth-order valence-corrected chi connectivity index (χ4v) is 2.17. The maximum atomic E-state index is 13.2. The number of hydrogen-bond donors (Lipinski definition) is 2. The van der Waals surface area contributed by atoms with E-state index in [9.17, 15) is 14.0 Å². The predicted octanol–water partition coefficient (Wildman–Crippen LogP) is 2.59. The number of rotatable bonds is 3. The number of benzene rings is 2. The van der Waals surface area contributed by atoms with Crippen molar-refractivity contribution in [3.63, 3.8) is 0 Å². The van der Waals surface area contributed by atoms with Crippen LogP contribution in [-0.2, 0) is 4.74 Å². The van der Waals surface area contributed by atoms with E-state index in [2.05, 4.69) is 15.5 Å². The average molecular weight is 361 g/mol. The number of esters is 1. The molecule has 0 aliphatic carbocycles. The van der Waals surface area contributed by atoms with Crippen LogP contribution in [0.1, 0.15) is 20.7 Å². The Morgan fingerprint density at radius 3 is 2.44 bits per heavy atom. The van der Waals surface area contributed by atoms with Crippen LogP contribution in [0.5, 0.6) is 0 Å². The van der Waals surface area contributed by atoms with E-state index in [0.717, 1.165) is 0 Å². The first kappa shape index (κ1) is 18.3. The molecule has 0 spiro atoms. The zero-order valence-corrected chi connectivity index (χ0v) is 14.4. The molecule has 0 bridgehead atoms. The van der Waals surface area contributed by atoms with Crippen LogP contribution in [0.25, 0.3) is 0 Å². The highest BCUT2D eigenvalue weighted by Crippen LogP contribution is 2.11. The molecule has 0 saturated carbocycles. The van der Waals surface area contributed by atoms with Crippen LogP contribution in [0, 0.1) is 5.82 Å². The number of nitrogens with zero attached hydrogens (tertiary/aromatic N) is 1. The summed E-state index contributed by atoms with van der Waals surface area (Å²) >= 11 is 5.16. The molecule has 0 radical (unpaired) electrons. The van der Waals surface area contributed by atoms with Crippen LogP contribution >= 0.6 is 12.2 Å². The largest absolute Gasteiger partial charge is 0.465 e. The number of methoxy groups -OCH3 is 1. The van der Waals surface area contributed by atoms with Crippen molar-refractivity contribution in [3.05, 3.63) is 65.5 Å². The number of carbonyl (C=O) groups is 2. The van der Waals surface area contributed by atoms with Gasteiger partial charge in [0.2, 0.25) is 0 Å². The Kier molecular flexibility index (Phi) is 6.02. The lowest BCUT2D eigenvalue weighted by molar-refractivity contribution is 0.0595. The van der Waals surface area contributed by atoms with Crippen molar-refractivity contribution >= 4 is 34.9 Å². The van der Waals surface area contributed by atoms with Gasteiger partial charge in [0.05, 0.1) is 18.2 Å². The number of hydrazine groups is 1. The van der Waals surface area contributed by atoms with Gasteiger partial charge in [0, 0.05) is 12.7 Å². The number of thiocarbonyl (C=S) groups is 1. The van der Waals surface area contributed by atoms with Gasteiger partial charge in [-0.05, 0) is 42.5 Å². The van der Waals surface area contributed by atoms with Crippen molar-refractivity contribution < 1.29 is 18.7 Å². The fraction of sp³-hybridized carbons (Fsp3) is 0.118. The van der Waals surface area contributed by atoms with Gasteiger partial charge in [-0.2, -0.15) is 0 Å². The Morgan fingerprint density at radius 2 is 1.80 bits per heavy atom. The van der Waals surface area contributed by atoms with Crippen LogP contribution < -0.4 is 10.7 Å². The number of nitrogens with one attached hydrogen (secondary N) is 2. The van der Waals surface area contributed by atoms with Crippen molar-refractivity contribution in [2.45, 2.75) is 0 Å². The van der Waals surface area contributed by atoms with Gasteiger partial charge in [0.25, 0.3) is 5.91 Å². The lowest BCUT2D eigenvalue weighted by Gasteiger charge is -2.22. The first-order valence-corrected chi connectivity index (χ1v) is 7.62. The van der Waals surface area contributed by atoms with E-state index in [0.29, 0.717) is 5.69 Å². The molecule has 25 heavy (non-hydrogen) atoms. The topological polar surface area (TPSA) is 70.7 Å². The Labute approximate surface area is 149 Å². The highest BCUT2D eigenvalue weighted by Gasteiger charge is 2.18. The fourth-order valence-electron chi connectivity index (χ4n) is 2.01. The summed E-state index contributed by atoms with van der Waals surface area (Å²) in [4.78, 5) is 24.1. The standard InChI is InChI=1S/C17H16FN3O3S/c1-21(17(25)19-12-7-5-6-11(18)10-12)20-15(22)13-8-3-4-9-14(13)16(23)24-2/h3-10H,1-2H3,(H,19,25)(H,20,22). The minimum atomic E-state index is -0.617. The summed E-state index contributed by atoms with van der Waals surface area (Å²) in [6, 6.07) is 12.0. The Balaban J connectivity index is 2.07. The number of carbonyl (C=O) groups excluding carboxylic acids is 2. The number of hydrogen-bond acceptors (Lipinski definition) is 4. The average Bonchev–Trinajstić information content (AvgIpc) is 2.60. The third-order valence-electron chi connectivity index (χ3n) is 3.23. The smallest absolute Gasteiger partial charge is 0.338 e. The minimum Gasteiger partial charge on any atom is -0.465 e. The monoisotopic (exact) mass is 361 g/mol. The summed E-state index contributed by atoms with van der Waals surface area (Å²) in [7, 11) is 2.76. The molecule has 0 atom stereocenters. The lowest BCUT2D eigenvalue weighted by atomic mass is 10.1. The summed E-state index contributed by atoms with van der Waals surface area (Å²) < 4.78 is 17.9. The molecular weight excluding hydrogens is 345 g/mol. The number of anilines is 1. The van der Waals surface area contributed by atoms with Crippen LogP contribution in [-0.4, -0.2) is 36.2 Å². The molecule has 0 fully saturated rings. The molecule has 8 heteroatoms. The molecular formula is C17H16FN3O3S. The van der Waals surface area contributed by atoms with Crippen LogP contribution in [0.15, 0.2) is 48.5 Å². The summed E-state index contributed by atoms with van der Waals surface area (Å²) in [5.41, 5.74) is 3.27. The lowest BCUT2D eigenvalue weighted by Crippen LogP contribution is -2.45. The van der Waals surface area contributed by atoms with Gasteiger partial charge >= 0.3 is 5.97 Å². The maximum absolute atomic E-state index is 13.2. The predicted molar refractivity (Wildman–Crippen MR) is 95.6 cm³/mol. The van der Waals surface area contributed by atoms with E-state index < -0.39 is 17.7 Å². The molecule has 2 aromatic carbocycles. The molecule has 0 unspecified atom stereocenters. The minimum absolute atomic E-state index is 0.139. The van der Waals surface area contributed by atoms with Crippen LogP contribution in [0.2, 0.25) is 0 Å². The second-order valence-corrected chi connectivity index (χ2v) is 5.36. The second kappa shape index (κ2) is 8.20. The summed E-state index contributed by atoms with van der Waals surface area (Å²) in [6.45, 7) is 0. The third-order valence-corrected chi connectivity index (χ3v) is 3.60. The maximum Gasteiger partial charge on any atom is 0.338 e. The normalized spacial score (nSPS) is 9.88. The van der Waals surface area contributed by atoms with Crippen LogP contribution in [0.4, 0.5) is 10.1 Å². The summed E-state index contributed by atoms with van der Waals surface area (Å²) in [5, 5.41) is 4.21. The third kappa shape index (κ3) is 4.74. The van der Waals surface area contributed by atoms with Crippen molar-refractivity contribution in [1.29, 1.82) is 0 Å². The van der Waals surface area contributed by atoms with E-state index in [1.165, 1.54) is 49.5 Å². The molecule has 2 N–H and O–H groups in total. The summed E-state index contributed by atoms with van der Waals surface area (Å²) in [6.07, 6.45) is 0. The first-order valence-electron chi connectivity index (χ1n) is 7.21. The van der Waals surface area contributed by atoms with Gasteiger partial charge in [-0.15, -0.1) is 0 Å². The highest BCUT2D eigenvalue weighted by atomic mass is 32.1. The molecule has 2 rings (SSSR count). The van der Waals surface area contributed by atoms with E-state index in [1.807, 2.05) is 0 Å². The Morgan fingerprint density at radius 1 is 1.12 bits per heavy atom. The number of halogens is 1. The molecule has 6 nitrogen and oxygen atoms in total. The van der Waals surface area contributed by atoms with Crippen molar-refractivity contribution in [1.82, 2.24) is 10.4 Å². The summed E-state index contributed by atoms with van der Waals surface area (Å²) in [5.74, 6) is -1.56. The first-order chi connectivity index (χ1) is 11.9. The Bertz CT molecular complexity index is 813. The van der Waals surface area contributed by atoms with Gasteiger partial charge in [-0.3, -0.25) is 15.2 Å². The molecule has 0 aliphatic rings. The van der Waals surface area contributed by atoms with Crippen molar-refractivity contribution in [2.75, 3.05) is 19.5 Å². The molecule has 0 aliphatic heterocycles. The second-order valence-electron chi connectivity index (χ2n) is 4.98. The SMILES string of the molecule is COC(=O)c1ccccc1C(=O)NN(C)C(=S)Nc1cccc(F)c1. The number of amides is 1. The van der Waals surface area contributed by atoms with Crippen molar-refractivity contribution in [3.8, 4) is 0 Å². The highest BCUT2D eigenvalue weighted by molar-refractivity contribution is 7.80. The quantitative estimate of drug-likeness (QED) is 0.497. The Hall–Kier alpha value is -3.00. The van der Waals surface area contributed by atoms with E-state index >= 15 is 0 Å². The molecule has 0 aromatic heterocycles. The zero-order chi connectivity index (χ0) is 18.4. The van der Waals surface area contributed by atoms with Gasteiger partial charge < -0.3 is 10.1 Å². The van der Waals surface area contributed by atoms with E-state index in [1.54, 1.807) is 18.2 Å². The number of ether oxygens (including phenoxy) is 1. The van der Waals surface area contributed by atoms with E-state index in [-0.39, 0.29) is 16.2 Å². The molecule has 0 saturated heterocycles. The van der Waals surface area contributed by atoms with Crippen LogP contribution in [0.3, 0.4) is 0 Å².